The summed E-state index contributed by atoms with van der Waals surface area (Å²) in [6.07, 6.45) is 3.15. The summed E-state index contributed by atoms with van der Waals surface area (Å²) in [6, 6.07) is 5.54. The van der Waals surface area contributed by atoms with Crippen molar-refractivity contribution in [1.82, 2.24) is 20.2 Å². The quantitative estimate of drug-likeness (QED) is 0.638. The zero-order valence-corrected chi connectivity index (χ0v) is 17.7. The van der Waals surface area contributed by atoms with Gasteiger partial charge in [-0.2, -0.15) is 0 Å². The summed E-state index contributed by atoms with van der Waals surface area (Å²) in [5.74, 6) is -0.966. The third-order valence-electron chi connectivity index (χ3n) is 5.02. The first-order valence-corrected chi connectivity index (χ1v) is 10.6. The van der Waals surface area contributed by atoms with Crippen LogP contribution < -0.4 is 10.6 Å². The zero-order chi connectivity index (χ0) is 21.3. The van der Waals surface area contributed by atoms with Gasteiger partial charge < -0.3 is 15.5 Å². The SMILES string of the molecule is CN1CCC(NC(=O)c2cc3c(NC(=O)c4ccc(F)c(Cl)c4)ncnc3s2)CC1. The number of likely N-dealkylation sites (tertiary alicyclic amines) is 1. The molecule has 1 aliphatic rings. The Morgan fingerprint density at radius 3 is 2.70 bits per heavy atom. The number of aromatic nitrogens is 2. The molecule has 0 aliphatic carbocycles. The average Bonchev–Trinajstić information content (AvgIpc) is 3.17. The van der Waals surface area contributed by atoms with Crippen LogP contribution in [0.3, 0.4) is 0 Å². The van der Waals surface area contributed by atoms with E-state index in [1.807, 2.05) is 0 Å². The summed E-state index contributed by atoms with van der Waals surface area (Å²) in [4.78, 5) is 36.9. The molecule has 30 heavy (non-hydrogen) atoms. The second kappa shape index (κ2) is 8.63. The van der Waals surface area contributed by atoms with Gasteiger partial charge in [0.05, 0.1) is 15.3 Å². The maximum atomic E-state index is 13.3. The number of thiophene rings is 1. The number of anilines is 1. The first kappa shape index (κ1) is 20.6. The summed E-state index contributed by atoms with van der Waals surface area (Å²) >= 11 is 7.00. The van der Waals surface area contributed by atoms with Gasteiger partial charge >= 0.3 is 0 Å². The third kappa shape index (κ3) is 4.43. The van der Waals surface area contributed by atoms with Crippen molar-refractivity contribution < 1.29 is 14.0 Å². The second-order valence-electron chi connectivity index (χ2n) is 7.19. The van der Waals surface area contributed by atoms with E-state index in [9.17, 15) is 14.0 Å². The highest BCUT2D eigenvalue weighted by atomic mass is 35.5. The van der Waals surface area contributed by atoms with Gasteiger partial charge in [0.15, 0.2) is 0 Å². The summed E-state index contributed by atoms with van der Waals surface area (Å²) in [6.45, 7) is 1.90. The predicted octanol–water partition coefficient (Wildman–Crippen LogP) is 3.56. The number of nitrogens with zero attached hydrogens (tertiary/aromatic N) is 3. The molecule has 10 heteroatoms. The molecule has 0 bridgehead atoms. The highest BCUT2D eigenvalue weighted by Gasteiger charge is 2.21. The van der Waals surface area contributed by atoms with Crippen LogP contribution in [0, 0.1) is 5.82 Å². The maximum absolute atomic E-state index is 13.3. The van der Waals surface area contributed by atoms with Crippen molar-refractivity contribution in [3.63, 3.8) is 0 Å². The predicted molar refractivity (Wildman–Crippen MR) is 115 cm³/mol. The molecule has 3 aromatic rings. The number of fused-ring (bicyclic) bond motifs is 1. The van der Waals surface area contributed by atoms with Crippen molar-refractivity contribution >= 4 is 50.8 Å². The number of hydrogen-bond acceptors (Lipinski definition) is 6. The highest BCUT2D eigenvalue weighted by molar-refractivity contribution is 7.20. The van der Waals surface area contributed by atoms with E-state index in [4.69, 9.17) is 11.6 Å². The Balaban J connectivity index is 1.52. The molecule has 2 N–H and O–H groups in total. The van der Waals surface area contributed by atoms with Crippen molar-refractivity contribution in [2.75, 3.05) is 25.5 Å². The van der Waals surface area contributed by atoms with Crippen molar-refractivity contribution in [3.05, 3.63) is 51.9 Å². The first-order valence-electron chi connectivity index (χ1n) is 9.41. The van der Waals surface area contributed by atoms with E-state index in [0.717, 1.165) is 32.0 Å². The number of carbonyl (C=O) groups excluding carboxylic acids is 2. The molecule has 0 saturated carbocycles. The van der Waals surface area contributed by atoms with E-state index < -0.39 is 11.7 Å². The number of rotatable bonds is 4. The van der Waals surface area contributed by atoms with Crippen LogP contribution in [0.1, 0.15) is 32.9 Å². The van der Waals surface area contributed by atoms with Gasteiger partial charge in [0.25, 0.3) is 11.8 Å². The Morgan fingerprint density at radius 2 is 1.97 bits per heavy atom. The molecule has 0 radical (unpaired) electrons. The molecule has 0 unspecified atom stereocenters. The highest BCUT2D eigenvalue weighted by Crippen LogP contribution is 2.29. The fourth-order valence-corrected chi connectivity index (χ4v) is 4.38. The number of benzene rings is 1. The number of nitrogens with one attached hydrogen (secondary N) is 2. The fraction of sp³-hybridized carbons (Fsp3) is 0.300. The van der Waals surface area contributed by atoms with Gasteiger partial charge in [0.2, 0.25) is 0 Å². The lowest BCUT2D eigenvalue weighted by molar-refractivity contribution is 0.0920. The fourth-order valence-electron chi connectivity index (χ4n) is 3.29. The number of halogens is 2. The molecule has 1 saturated heterocycles. The van der Waals surface area contributed by atoms with Gasteiger partial charge in [-0.3, -0.25) is 9.59 Å². The van der Waals surface area contributed by atoms with Crippen LogP contribution in [-0.4, -0.2) is 52.9 Å². The zero-order valence-electron chi connectivity index (χ0n) is 16.1. The number of piperidine rings is 1. The smallest absolute Gasteiger partial charge is 0.261 e. The number of hydrogen-bond donors (Lipinski definition) is 2. The van der Waals surface area contributed by atoms with E-state index in [1.165, 1.54) is 29.8 Å². The lowest BCUT2D eigenvalue weighted by Crippen LogP contribution is -2.43. The van der Waals surface area contributed by atoms with Crippen molar-refractivity contribution in [2.45, 2.75) is 18.9 Å². The maximum Gasteiger partial charge on any atom is 0.261 e. The van der Waals surface area contributed by atoms with Crippen LogP contribution >= 0.6 is 22.9 Å². The molecule has 2 amide bonds. The van der Waals surface area contributed by atoms with Crippen LogP contribution in [0.5, 0.6) is 0 Å². The van der Waals surface area contributed by atoms with Gasteiger partial charge in [-0.05, 0) is 57.2 Å². The second-order valence-corrected chi connectivity index (χ2v) is 8.62. The van der Waals surface area contributed by atoms with Crippen LogP contribution in [0.4, 0.5) is 10.2 Å². The van der Waals surface area contributed by atoms with Crippen LogP contribution in [0.25, 0.3) is 10.2 Å². The van der Waals surface area contributed by atoms with Crippen LogP contribution in [0.15, 0.2) is 30.6 Å². The average molecular weight is 448 g/mol. The van der Waals surface area contributed by atoms with Gasteiger partial charge in [-0.1, -0.05) is 11.6 Å². The third-order valence-corrected chi connectivity index (χ3v) is 6.35. The molecule has 2 aromatic heterocycles. The van der Waals surface area contributed by atoms with Gasteiger partial charge in [-0.15, -0.1) is 11.3 Å². The summed E-state index contributed by atoms with van der Waals surface area (Å²) in [5, 5.41) is 6.19. The molecule has 1 fully saturated rings. The van der Waals surface area contributed by atoms with E-state index in [0.29, 0.717) is 15.1 Å². The van der Waals surface area contributed by atoms with Crippen molar-refractivity contribution in [1.29, 1.82) is 0 Å². The minimum Gasteiger partial charge on any atom is -0.349 e. The van der Waals surface area contributed by atoms with Crippen molar-refractivity contribution in [3.8, 4) is 0 Å². The monoisotopic (exact) mass is 447 g/mol. The van der Waals surface area contributed by atoms with E-state index >= 15 is 0 Å². The Morgan fingerprint density at radius 1 is 1.20 bits per heavy atom. The van der Waals surface area contributed by atoms with Crippen LogP contribution in [-0.2, 0) is 0 Å². The number of amides is 2. The molecule has 1 aliphatic heterocycles. The minimum atomic E-state index is -0.601. The molecule has 3 heterocycles. The number of carbonyl (C=O) groups is 2. The Kier molecular flexibility index (Phi) is 5.94. The standard InChI is InChI=1S/C20H19ClFN5O2S/c1-27-6-4-12(5-7-27)25-19(29)16-9-13-17(23-10-24-20(13)30-16)26-18(28)11-2-3-15(22)14(21)8-11/h2-3,8-10,12H,4-7H2,1H3,(H,25,29)(H,23,24,26,28). The van der Waals surface area contributed by atoms with Crippen molar-refractivity contribution in [2.24, 2.45) is 0 Å². The molecule has 1 aromatic carbocycles. The molecule has 7 nitrogen and oxygen atoms in total. The first-order chi connectivity index (χ1) is 14.4. The molecule has 0 spiro atoms. The Bertz CT molecular complexity index is 1110. The minimum absolute atomic E-state index is 0.140. The molecule has 4 rings (SSSR count). The topological polar surface area (TPSA) is 87.2 Å². The molecule has 156 valence electrons. The summed E-state index contributed by atoms with van der Waals surface area (Å²) in [7, 11) is 2.07. The largest absolute Gasteiger partial charge is 0.349 e. The van der Waals surface area contributed by atoms with Gasteiger partial charge in [0.1, 0.15) is 22.8 Å². The molecular weight excluding hydrogens is 429 g/mol. The van der Waals surface area contributed by atoms with Gasteiger partial charge in [-0.25, -0.2) is 14.4 Å². The van der Waals surface area contributed by atoms with E-state index in [1.54, 1.807) is 6.07 Å². The summed E-state index contributed by atoms with van der Waals surface area (Å²) < 4.78 is 13.3. The molecular formula is C20H19ClFN5O2S. The van der Waals surface area contributed by atoms with E-state index in [-0.39, 0.29) is 28.4 Å². The summed E-state index contributed by atoms with van der Waals surface area (Å²) in [5.41, 5.74) is 0.198. The Hall–Kier alpha value is -2.62. The normalized spacial score (nSPS) is 15.3. The van der Waals surface area contributed by atoms with Gasteiger partial charge in [0, 0.05) is 11.6 Å². The Labute approximate surface area is 181 Å². The lowest BCUT2D eigenvalue weighted by Gasteiger charge is -2.29. The van der Waals surface area contributed by atoms with Crippen LogP contribution in [0.2, 0.25) is 5.02 Å². The lowest BCUT2D eigenvalue weighted by atomic mass is 10.1. The molecule has 0 atom stereocenters. The van der Waals surface area contributed by atoms with E-state index in [2.05, 4.69) is 32.5 Å².